The number of ether oxygens (including phenoxy) is 1. The van der Waals surface area contributed by atoms with Crippen LogP contribution in [-0.2, 0) is 4.74 Å². The Morgan fingerprint density at radius 3 is 2.31 bits per heavy atom. The van der Waals surface area contributed by atoms with Crippen molar-refractivity contribution < 1.29 is 9.53 Å². The van der Waals surface area contributed by atoms with Crippen LogP contribution in [0.25, 0.3) is 0 Å². The predicted octanol–water partition coefficient (Wildman–Crippen LogP) is 1.78. The number of amides is 1. The number of rotatable bonds is 1. The smallest absolute Gasteiger partial charge is 0.407 e. The maximum absolute atomic E-state index is 11.6. The number of nitrogens with two attached hydrogens (primary N) is 1. The van der Waals surface area contributed by atoms with Crippen LogP contribution in [0.15, 0.2) is 0 Å². The van der Waals surface area contributed by atoms with E-state index in [4.69, 9.17) is 10.5 Å². The highest BCUT2D eigenvalue weighted by Gasteiger charge is 2.56. The number of carbonyl (C=O) groups is 1. The summed E-state index contributed by atoms with van der Waals surface area (Å²) in [6, 6.07) is 0.493. The Hall–Kier alpha value is -0.770. The average molecular weight is 226 g/mol. The number of alkyl carbamates (subject to hydrolysis) is 1. The molecular formula is C12H22N2O2. The van der Waals surface area contributed by atoms with Gasteiger partial charge in [0.2, 0.25) is 0 Å². The van der Waals surface area contributed by atoms with E-state index < -0.39 is 5.60 Å². The Labute approximate surface area is 96.9 Å². The molecule has 2 rings (SSSR count). The van der Waals surface area contributed by atoms with E-state index in [0.29, 0.717) is 0 Å². The SMILES string of the molecule is CC(C)(C)OC(=O)NC1CCC12CCC2N. The zero-order valence-electron chi connectivity index (χ0n) is 10.4. The Balaban J connectivity index is 1.85. The lowest BCUT2D eigenvalue weighted by Gasteiger charge is -2.59. The predicted molar refractivity (Wildman–Crippen MR) is 62.0 cm³/mol. The molecule has 92 valence electrons. The molecule has 4 heteroatoms. The van der Waals surface area contributed by atoms with Crippen molar-refractivity contribution in [3.63, 3.8) is 0 Å². The Morgan fingerprint density at radius 1 is 1.38 bits per heavy atom. The summed E-state index contributed by atoms with van der Waals surface area (Å²) in [5, 5.41) is 2.95. The zero-order valence-corrected chi connectivity index (χ0v) is 10.4. The molecular weight excluding hydrogens is 204 g/mol. The van der Waals surface area contributed by atoms with Gasteiger partial charge >= 0.3 is 6.09 Å². The molecule has 3 N–H and O–H groups in total. The Morgan fingerprint density at radius 2 is 2.00 bits per heavy atom. The highest BCUT2D eigenvalue weighted by Crippen LogP contribution is 2.55. The molecule has 2 saturated carbocycles. The van der Waals surface area contributed by atoms with E-state index in [1.807, 2.05) is 20.8 Å². The van der Waals surface area contributed by atoms with Gasteiger partial charge in [-0.1, -0.05) is 0 Å². The van der Waals surface area contributed by atoms with E-state index in [-0.39, 0.29) is 23.6 Å². The van der Waals surface area contributed by atoms with Crippen molar-refractivity contribution in [1.82, 2.24) is 5.32 Å². The standard InChI is InChI=1S/C12H22N2O2/c1-11(2,3)16-10(15)14-9-5-7-12(9)6-4-8(12)13/h8-9H,4-7,13H2,1-3H3,(H,14,15). The van der Waals surface area contributed by atoms with Gasteiger partial charge in [0.1, 0.15) is 5.60 Å². The van der Waals surface area contributed by atoms with Gasteiger partial charge in [0.25, 0.3) is 0 Å². The van der Waals surface area contributed by atoms with E-state index in [2.05, 4.69) is 5.32 Å². The van der Waals surface area contributed by atoms with Crippen molar-refractivity contribution in [2.45, 2.75) is 64.1 Å². The highest BCUT2D eigenvalue weighted by atomic mass is 16.6. The molecule has 1 spiro atoms. The fraction of sp³-hybridized carbons (Fsp3) is 0.917. The third-order valence-corrected chi connectivity index (χ3v) is 3.94. The number of hydrogen-bond acceptors (Lipinski definition) is 3. The third-order valence-electron chi connectivity index (χ3n) is 3.94. The number of carbonyl (C=O) groups excluding carboxylic acids is 1. The minimum absolute atomic E-state index is 0.191. The van der Waals surface area contributed by atoms with Gasteiger partial charge < -0.3 is 15.8 Å². The van der Waals surface area contributed by atoms with Crippen LogP contribution in [0.3, 0.4) is 0 Å². The molecule has 0 heterocycles. The van der Waals surface area contributed by atoms with Crippen LogP contribution in [0.2, 0.25) is 0 Å². The molecule has 3 atom stereocenters. The average Bonchev–Trinajstić information content (AvgIpc) is 2.07. The quantitative estimate of drug-likeness (QED) is 0.716. The van der Waals surface area contributed by atoms with E-state index in [9.17, 15) is 4.79 Å². The molecule has 2 aliphatic rings. The second kappa shape index (κ2) is 3.62. The van der Waals surface area contributed by atoms with Crippen molar-refractivity contribution in [3.8, 4) is 0 Å². The Kier molecular flexibility index (Phi) is 2.65. The second-order valence-corrected chi connectivity index (χ2v) is 6.12. The lowest BCUT2D eigenvalue weighted by atomic mass is 9.50. The molecule has 0 radical (unpaired) electrons. The van der Waals surface area contributed by atoms with Gasteiger partial charge in [-0.15, -0.1) is 0 Å². The minimum atomic E-state index is -0.428. The van der Waals surface area contributed by atoms with Crippen LogP contribution in [0.4, 0.5) is 4.79 Å². The van der Waals surface area contributed by atoms with Crippen LogP contribution in [0.5, 0.6) is 0 Å². The van der Waals surface area contributed by atoms with Gasteiger partial charge in [-0.05, 0) is 46.5 Å². The first-order valence-electron chi connectivity index (χ1n) is 6.09. The van der Waals surface area contributed by atoms with Gasteiger partial charge in [-0.3, -0.25) is 0 Å². The fourth-order valence-electron chi connectivity index (χ4n) is 2.75. The van der Waals surface area contributed by atoms with Gasteiger partial charge in [-0.2, -0.15) is 0 Å². The van der Waals surface area contributed by atoms with E-state index in [1.54, 1.807) is 0 Å². The first-order valence-corrected chi connectivity index (χ1v) is 6.09. The molecule has 0 aromatic carbocycles. The molecule has 0 aromatic heterocycles. The first kappa shape index (κ1) is 11.7. The summed E-state index contributed by atoms with van der Waals surface area (Å²) in [6.45, 7) is 5.62. The summed E-state index contributed by atoms with van der Waals surface area (Å²) in [6.07, 6.45) is 4.11. The number of hydrogen-bond donors (Lipinski definition) is 2. The maximum atomic E-state index is 11.6. The summed E-state index contributed by atoms with van der Waals surface area (Å²) >= 11 is 0. The molecule has 3 unspecified atom stereocenters. The van der Waals surface area contributed by atoms with E-state index in [0.717, 1.165) is 25.7 Å². The van der Waals surface area contributed by atoms with Crippen molar-refractivity contribution in [1.29, 1.82) is 0 Å². The molecule has 0 bridgehead atoms. The van der Waals surface area contributed by atoms with Crippen molar-refractivity contribution >= 4 is 6.09 Å². The minimum Gasteiger partial charge on any atom is -0.444 e. The van der Waals surface area contributed by atoms with Crippen molar-refractivity contribution in [2.24, 2.45) is 11.1 Å². The van der Waals surface area contributed by atoms with Crippen molar-refractivity contribution in [2.75, 3.05) is 0 Å². The third kappa shape index (κ3) is 1.90. The molecule has 2 aliphatic carbocycles. The van der Waals surface area contributed by atoms with E-state index >= 15 is 0 Å². The van der Waals surface area contributed by atoms with Crippen LogP contribution >= 0.6 is 0 Å². The topological polar surface area (TPSA) is 64.3 Å². The molecule has 0 aromatic rings. The Bertz CT molecular complexity index is 294. The van der Waals surface area contributed by atoms with Gasteiger partial charge in [0, 0.05) is 17.5 Å². The normalized spacial score (nSPS) is 37.5. The van der Waals surface area contributed by atoms with Gasteiger partial charge in [-0.25, -0.2) is 4.79 Å². The van der Waals surface area contributed by atoms with Gasteiger partial charge in [0.15, 0.2) is 0 Å². The summed E-state index contributed by atoms with van der Waals surface area (Å²) in [7, 11) is 0. The summed E-state index contributed by atoms with van der Waals surface area (Å²) < 4.78 is 5.25. The highest BCUT2D eigenvalue weighted by molar-refractivity contribution is 5.68. The summed E-state index contributed by atoms with van der Waals surface area (Å²) in [5.41, 5.74) is 5.78. The maximum Gasteiger partial charge on any atom is 0.407 e. The lowest BCUT2D eigenvalue weighted by molar-refractivity contribution is -0.0447. The molecule has 0 aliphatic heterocycles. The van der Waals surface area contributed by atoms with Crippen LogP contribution in [0, 0.1) is 5.41 Å². The van der Waals surface area contributed by atoms with E-state index in [1.165, 1.54) is 0 Å². The molecule has 2 fully saturated rings. The van der Waals surface area contributed by atoms with Crippen LogP contribution in [-0.4, -0.2) is 23.8 Å². The molecule has 16 heavy (non-hydrogen) atoms. The largest absolute Gasteiger partial charge is 0.444 e. The second-order valence-electron chi connectivity index (χ2n) is 6.12. The number of nitrogens with one attached hydrogen (secondary N) is 1. The van der Waals surface area contributed by atoms with Gasteiger partial charge in [0.05, 0.1) is 0 Å². The van der Waals surface area contributed by atoms with Crippen LogP contribution < -0.4 is 11.1 Å². The first-order chi connectivity index (χ1) is 7.33. The molecule has 4 nitrogen and oxygen atoms in total. The monoisotopic (exact) mass is 226 g/mol. The zero-order chi connectivity index (χ0) is 12.0. The molecule has 0 saturated heterocycles. The molecule has 1 amide bonds. The lowest BCUT2D eigenvalue weighted by Crippen LogP contribution is -2.68. The summed E-state index contributed by atoms with van der Waals surface area (Å²) in [4.78, 5) is 11.6. The van der Waals surface area contributed by atoms with Crippen LogP contribution in [0.1, 0.15) is 46.5 Å². The summed E-state index contributed by atoms with van der Waals surface area (Å²) in [5.74, 6) is 0. The van der Waals surface area contributed by atoms with Crippen molar-refractivity contribution in [3.05, 3.63) is 0 Å². The fourth-order valence-corrected chi connectivity index (χ4v) is 2.75.